The van der Waals surface area contributed by atoms with Gasteiger partial charge in [-0.3, -0.25) is 4.79 Å². The fourth-order valence-corrected chi connectivity index (χ4v) is 3.61. The fraction of sp³-hybridized carbons (Fsp3) is 0.167. The molecule has 0 bridgehead atoms. The topological polar surface area (TPSA) is 61.4 Å². The Kier molecular flexibility index (Phi) is 5.72. The van der Waals surface area contributed by atoms with E-state index >= 15 is 0 Å². The number of carbonyl (C=O) groups is 2. The van der Waals surface area contributed by atoms with Crippen molar-refractivity contribution in [3.63, 3.8) is 0 Å². The van der Waals surface area contributed by atoms with Crippen LogP contribution in [0, 0.1) is 6.92 Å². The summed E-state index contributed by atoms with van der Waals surface area (Å²) in [6.07, 6.45) is 0.831. The normalized spacial score (nSPS) is 12.4. The highest BCUT2D eigenvalue weighted by molar-refractivity contribution is 6.30. The van der Waals surface area contributed by atoms with E-state index < -0.39 is 0 Å². The van der Waals surface area contributed by atoms with Crippen LogP contribution in [-0.4, -0.2) is 18.5 Å². The zero-order valence-electron chi connectivity index (χ0n) is 16.6. The number of halogens is 1. The Balaban J connectivity index is 1.42. The van der Waals surface area contributed by atoms with Crippen LogP contribution < -0.4 is 15.5 Å². The minimum absolute atomic E-state index is 0.000611. The minimum atomic E-state index is -0.301. The van der Waals surface area contributed by atoms with Crippen molar-refractivity contribution < 1.29 is 9.59 Å². The second-order valence-corrected chi connectivity index (χ2v) is 7.79. The first kappa shape index (κ1) is 20.0. The molecule has 0 radical (unpaired) electrons. The summed E-state index contributed by atoms with van der Waals surface area (Å²) in [6, 6.07) is 20.2. The van der Waals surface area contributed by atoms with Crippen LogP contribution in [-0.2, 0) is 13.0 Å². The maximum Gasteiger partial charge on any atom is 0.319 e. The molecule has 30 heavy (non-hydrogen) atoms. The summed E-state index contributed by atoms with van der Waals surface area (Å²) in [5, 5.41) is 6.23. The van der Waals surface area contributed by atoms with Crippen LogP contribution >= 0.6 is 11.6 Å². The molecule has 3 aromatic carbocycles. The summed E-state index contributed by atoms with van der Waals surface area (Å²) < 4.78 is 0. The second-order valence-electron chi connectivity index (χ2n) is 7.35. The van der Waals surface area contributed by atoms with Gasteiger partial charge in [-0.1, -0.05) is 41.4 Å². The highest BCUT2D eigenvalue weighted by Gasteiger charge is 2.25. The molecule has 0 aromatic heterocycles. The number of rotatable bonds is 4. The van der Waals surface area contributed by atoms with Gasteiger partial charge in [0.2, 0.25) is 0 Å². The van der Waals surface area contributed by atoms with Gasteiger partial charge in [-0.05, 0) is 66.9 Å². The first-order valence-corrected chi connectivity index (χ1v) is 10.2. The molecular weight excluding hydrogens is 398 g/mol. The van der Waals surface area contributed by atoms with Crippen molar-refractivity contribution >= 4 is 34.9 Å². The average Bonchev–Trinajstić information content (AvgIpc) is 3.17. The van der Waals surface area contributed by atoms with Gasteiger partial charge >= 0.3 is 6.03 Å². The second kappa shape index (κ2) is 8.59. The number of benzene rings is 3. The zero-order valence-corrected chi connectivity index (χ0v) is 17.4. The van der Waals surface area contributed by atoms with Crippen molar-refractivity contribution in [1.82, 2.24) is 5.32 Å². The van der Waals surface area contributed by atoms with Gasteiger partial charge in [-0.25, -0.2) is 4.79 Å². The Morgan fingerprint density at radius 1 is 1.00 bits per heavy atom. The Morgan fingerprint density at radius 2 is 1.73 bits per heavy atom. The van der Waals surface area contributed by atoms with E-state index in [1.54, 1.807) is 24.3 Å². The molecule has 3 amide bonds. The number of hydrogen-bond donors (Lipinski definition) is 2. The lowest BCUT2D eigenvalue weighted by atomic mass is 10.1. The number of fused-ring (bicyclic) bond motifs is 1. The maximum atomic E-state index is 13.0. The van der Waals surface area contributed by atoms with Crippen LogP contribution in [0.2, 0.25) is 5.02 Å². The molecule has 1 aliphatic heterocycles. The van der Waals surface area contributed by atoms with Gasteiger partial charge in [-0.15, -0.1) is 0 Å². The largest absolute Gasteiger partial charge is 0.334 e. The molecule has 0 spiro atoms. The molecule has 152 valence electrons. The van der Waals surface area contributed by atoms with E-state index in [1.807, 2.05) is 54.3 Å². The number of carbonyl (C=O) groups excluding carboxylic acids is 2. The summed E-state index contributed by atoms with van der Waals surface area (Å²) in [7, 11) is 0. The van der Waals surface area contributed by atoms with Gasteiger partial charge in [0.05, 0.1) is 0 Å². The molecule has 5 nitrogen and oxygen atoms in total. The zero-order chi connectivity index (χ0) is 21.1. The minimum Gasteiger partial charge on any atom is -0.334 e. The van der Waals surface area contributed by atoms with E-state index in [9.17, 15) is 9.59 Å². The third kappa shape index (κ3) is 4.47. The van der Waals surface area contributed by atoms with Gasteiger partial charge in [0.1, 0.15) is 0 Å². The molecule has 6 heteroatoms. The lowest BCUT2D eigenvalue weighted by Crippen LogP contribution is -2.29. The lowest BCUT2D eigenvalue weighted by Gasteiger charge is -2.18. The van der Waals surface area contributed by atoms with Gasteiger partial charge in [-0.2, -0.15) is 0 Å². The molecule has 0 saturated carbocycles. The highest BCUT2D eigenvalue weighted by Crippen LogP contribution is 2.30. The van der Waals surface area contributed by atoms with Crippen molar-refractivity contribution in [2.45, 2.75) is 19.9 Å². The smallest absolute Gasteiger partial charge is 0.319 e. The Labute approximate surface area is 180 Å². The van der Waals surface area contributed by atoms with Crippen LogP contribution in [0.25, 0.3) is 0 Å². The molecule has 0 atom stereocenters. The maximum absolute atomic E-state index is 13.0. The van der Waals surface area contributed by atoms with E-state index in [-0.39, 0.29) is 11.9 Å². The van der Waals surface area contributed by atoms with Crippen molar-refractivity contribution in [1.29, 1.82) is 0 Å². The molecule has 0 unspecified atom stereocenters. The summed E-state index contributed by atoms with van der Waals surface area (Å²) in [4.78, 5) is 26.9. The molecule has 3 aromatic rings. The van der Waals surface area contributed by atoms with Gasteiger partial charge in [0.25, 0.3) is 5.91 Å². The predicted molar refractivity (Wildman–Crippen MR) is 120 cm³/mol. The quantitative estimate of drug-likeness (QED) is 0.612. The van der Waals surface area contributed by atoms with Crippen molar-refractivity contribution in [3.05, 3.63) is 94.0 Å². The molecule has 0 fully saturated rings. The first-order chi connectivity index (χ1) is 14.5. The standard InChI is InChI=1S/C24H22ClN3O2/c1-16-2-5-19(6-3-16)23(29)28-13-12-18-7-4-17(14-22(18)28)15-26-24(30)27-21-10-8-20(25)9-11-21/h2-11,14H,12-13,15H2,1H3,(H2,26,27,30). The summed E-state index contributed by atoms with van der Waals surface area (Å²) in [6.45, 7) is 3.02. The Bertz CT molecular complexity index is 1080. The molecule has 1 aliphatic rings. The van der Waals surface area contributed by atoms with E-state index in [4.69, 9.17) is 11.6 Å². The van der Waals surface area contributed by atoms with Crippen LogP contribution in [0.4, 0.5) is 16.2 Å². The summed E-state index contributed by atoms with van der Waals surface area (Å²) >= 11 is 5.86. The van der Waals surface area contributed by atoms with E-state index in [0.717, 1.165) is 28.8 Å². The molecule has 2 N–H and O–H groups in total. The average molecular weight is 420 g/mol. The number of aryl methyl sites for hydroxylation is 1. The monoisotopic (exact) mass is 419 g/mol. The summed E-state index contributed by atoms with van der Waals surface area (Å²) in [5.74, 6) is -0.000611. The fourth-order valence-electron chi connectivity index (χ4n) is 3.49. The SMILES string of the molecule is Cc1ccc(C(=O)N2CCc3ccc(CNC(=O)Nc4ccc(Cl)cc4)cc32)cc1. The number of nitrogens with one attached hydrogen (secondary N) is 2. The van der Waals surface area contributed by atoms with E-state index in [1.165, 1.54) is 0 Å². The molecule has 0 saturated heterocycles. The van der Waals surface area contributed by atoms with Crippen LogP contribution in [0.5, 0.6) is 0 Å². The number of urea groups is 1. The lowest BCUT2D eigenvalue weighted by molar-refractivity contribution is 0.0989. The van der Waals surface area contributed by atoms with Crippen LogP contribution in [0.3, 0.4) is 0 Å². The van der Waals surface area contributed by atoms with Crippen LogP contribution in [0.1, 0.15) is 27.0 Å². The van der Waals surface area contributed by atoms with E-state index in [0.29, 0.717) is 29.4 Å². The third-order valence-electron chi connectivity index (χ3n) is 5.14. The molecular formula is C24H22ClN3O2. The van der Waals surface area contributed by atoms with Gasteiger partial charge < -0.3 is 15.5 Å². The van der Waals surface area contributed by atoms with Crippen LogP contribution in [0.15, 0.2) is 66.7 Å². The number of hydrogen-bond acceptors (Lipinski definition) is 2. The van der Waals surface area contributed by atoms with Crippen molar-refractivity contribution in [2.75, 3.05) is 16.8 Å². The number of amides is 3. The number of nitrogens with zero attached hydrogens (tertiary/aromatic N) is 1. The number of anilines is 2. The van der Waals surface area contributed by atoms with E-state index in [2.05, 4.69) is 10.6 Å². The Morgan fingerprint density at radius 3 is 2.47 bits per heavy atom. The van der Waals surface area contributed by atoms with Gasteiger partial charge in [0, 0.05) is 35.1 Å². The molecule has 1 heterocycles. The van der Waals surface area contributed by atoms with Gasteiger partial charge in [0.15, 0.2) is 0 Å². The van der Waals surface area contributed by atoms with Crippen molar-refractivity contribution in [3.8, 4) is 0 Å². The Hall–Kier alpha value is -3.31. The third-order valence-corrected chi connectivity index (χ3v) is 5.40. The summed E-state index contributed by atoms with van der Waals surface area (Å²) in [5.41, 5.74) is 5.46. The molecule has 4 rings (SSSR count). The highest BCUT2D eigenvalue weighted by atomic mass is 35.5. The predicted octanol–water partition coefficient (Wildman–Crippen LogP) is 5.17. The molecule has 0 aliphatic carbocycles. The first-order valence-electron chi connectivity index (χ1n) is 9.80. The van der Waals surface area contributed by atoms with Crippen molar-refractivity contribution in [2.24, 2.45) is 0 Å².